The second kappa shape index (κ2) is 11.2. The van der Waals surface area contributed by atoms with Crippen molar-refractivity contribution < 1.29 is 14.0 Å². The van der Waals surface area contributed by atoms with Crippen molar-refractivity contribution >= 4 is 11.8 Å². The zero-order valence-electron chi connectivity index (χ0n) is 20.5. The molecular weight excluding hydrogens is 447 g/mol. The van der Waals surface area contributed by atoms with Gasteiger partial charge < -0.3 is 25.8 Å². The zero-order chi connectivity index (χ0) is 24.8. The molecule has 2 aliphatic rings. The molecule has 0 unspecified atom stereocenters. The van der Waals surface area contributed by atoms with Gasteiger partial charge >= 0.3 is 0 Å². The Bertz CT molecular complexity index is 997. The molecule has 2 aromatic rings. The average molecular weight is 483 g/mol. The second-order valence-corrected chi connectivity index (χ2v) is 9.72. The van der Waals surface area contributed by atoms with Gasteiger partial charge in [-0.2, -0.15) is 0 Å². The normalized spacial score (nSPS) is 23.1. The number of likely N-dealkylation sites (N-methyl/N-ethyl adjacent to an activating group) is 1. The molecule has 3 atom stereocenters. The number of piperazine rings is 1. The maximum atomic E-state index is 13.2. The van der Waals surface area contributed by atoms with Crippen LogP contribution in [0.4, 0.5) is 4.39 Å². The smallest absolute Gasteiger partial charge is 0.251 e. The van der Waals surface area contributed by atoms with Crippen LogP contribution in [0.2, 0.25) is 0 Å². The molecule has 9 heteroatoms. The first kappa shape index (κ1) is 25.2. The largest absolute Gasteiger partial charge is 0.339 e. The van der Waals surface area contributed by atoms with E-state index in [1.54, 1.807) is 4.90 Å². The van der Waals surface area contributed by atoms with Crippen molar-refractivity contribution in [1.82, 2.24) is 30.7 Å². The van der Waals surface area contributed by atoms with Gasteiger partial charge in [-0.1, -0.05) is 6.07 Å². The van der Waals surface area contributed by atoms with Crippen LogP contribution in [0.25, 0.3) is 0 Å². The average Bonchev–Trinajstić information content (AvgIpc) is 3.55. The minimum atomic E-state index is -0.700. The maximum Gasteiger partial charge on any atom is 0.251 e. The molecule has 1 saturated heterocycles. The van der Waals surface area contributed by atoms with E-state index in [4.69, 9.17) is 0 Å². The van der Waals surface area contributed by atoms with Crippen LogP contribution < -0.4 is 16.0 Å². The van der Waals surface area contributed by atoms with Gasteiger partial charge in [0.2, 0.25) is 5.91 Å². The highest BCUT2D eigenvalue weighted by atomic mass is 19.1. The highest BCUT2D eigenvalue weighted by Crippen LogP contribution is 2.50. The predicted molar refractivity (Wildman–Crippen MR) is 133 cm³/mol. The van der Waals surface area contributed by atoms with Gasteiger partial charge in [0.1, 0.15) is 11.9 Å². The van der Waals surface area contributed by atoms with Gasteiger partial charge in [-0.15, -0.1) is 0 Å². The summed E-state index contributed by atoms with van der Waals surface area (Å²) in [6.07, 6.45) is 2.87. The Labute approximate surface area is 206 Å². The SMILES string of the molecule is CN1CCN(C(=O)[C@H](CNCCN[C@]2(C)C[C@H]2c2ccccn2)NC(=O)c2ccc(F)cc2)CC1. The van der Waals surface area contributed by atoms with E-state index in [0.29, 0.717) is 37.7 Å². The fourth-order valence-electron chi connectivity index (χ4n) is 4.55. The van der Waals surface area contributed by atoms with Crippen molar-refractivity contribution in [3.05, 3.63) is 65.7 Å². The summed E-state index contributed by atoms with van der Waals surface area (Å²) in [5, 5.41) is 9.77. The minimum Gasteiger partial charge on any atom is -0.339 e. The molecule has 1 saturated carbocycles. The third-order valence-electron chi connectivity index (χ3n) is 6.99. The van der Waals surface area contributed by atoms with E-state index in [1.807, 2.05) is 25.4 Å². The van der Waals surface area contributed by atoms with Crippen LogP contribution in [0.3, 0.4) is 0 Å². The summed E-state index contributed by atoms with van der Waals surface area (Å²) in [5.41, 5.74) is 1.46. The molecule has 0 spiro atoms. The lowest BCUT2D eigenvalue weighted by molar-refractivity contribution is -0.134. The van der Waals surface area contributed by atoms with Crippen molar-refractivity contribution in [2.45, 2.75) is 30.8 Å². The Kier molecular flexibility index (Phi) is 8.10. The Hall–Kier alpha value is -2.88. The van der Waals surface area contributed by atoms with Gasteiger partial charge in [-0.3, -0.25) is 14.6 Å². The van der Waals surface area contributed by atoms with E-state index in [0.717, 1.165) is 31.7 Å². The molecule has 35 heavy (non-hydrogen) atoms. The molecule has 188 valence electrons. The highest BCUT2D eigenvalue weighted by Gasteiger charge is 2.51. The van der Waals surface area contributed by atoms with Crippen LogP contribution in [-0.2, 0) is 4.79 Å². The number of amides is 2. The molecule has 1 aromatic heterocycles. The highest BCUT2D eigenvalue weighted by molar-refractivity contribution is 5.97. The van der Waals surface area contributed by atoms with Gasteiger partial charge in [-0.05, 0) is 56.8 Å². The zero-order valence-corrected chi connectivity index (χ0v) is 20.5. The first-order valence-corrected chi connectivity index (χ1v) is 12.3. The van der Waals surface area contributed by atoms with Crippen molar-refractivity contribution in [3.63, 3.8) is 0 Å². The Morgan fingerprint density at radius 2 is 1.86 bits per heavy atom. The summed E-state index contributed by atoms with van der Waals surface area (Å²) < 4.78 is 13.2. The van der Waals surface area contributed by atoms with Crippen LogP contribution in [0.5, 0.6) is 0 Å². The monoisotopic (exact) mass is 482 g/mol. The van der Waals surface area contributed by atoms with E-state index in [-0.39, 0.29) is 17.4 Å². The lowest BCUT2D eigenvalue weighted by Gasteiger charge is -2.35. The standard InChI is InChI=1S/C26H35FN6O2/c1-26(17-21(26)22-5-3-4-10-29-22)30-12-11-28-18-23(25(35)33-15-13-32(2)14-16-33)31-24(34)19-6-8-20(27)9-7-19/h3-10,21,23,28,30H,11-18H2,1-2H3,(H,31,34)/t21-,23-,26+/m0/s1. The van der Waals surface area contributed by atoms with Gasteiger partial charge in [0.25, 0.3) is 5.91 Å². The fourth-order valence-corrected chi connectivity index (χ4v) is 4.55. The minimum absolute atomic E-state index is 0.0296. The lowest BCUT2D eigenvalue weighted by Crippen LogP contribution is -2.57. The molecule has 1 aliphatic heterocycles. The van der Waals surface area contributed by atoms with E-state index in [1.165, 1.54) is 24.3 Å². The number of carbonyl (C=O) groups is 2. The van der Waals surface area contributed by atoms with Gasteiger partial charge in [0, 0.05) is 74.7 Å². The number of pyridine rings is 1. The van der Waals surface area contributed by atoms with E-state index in [9.17, 15) is 14.0 Å². The number of hydrogen-bond acceptors (Lipinski definition) is 6. The topological polar surface area (TPSA) is 89.6 Å². The number of nitrogens with zero attached hydrogens (tertiary/aromatic N) is 3. The Morgan fingerprint density at radius 1 is 1.11 bits per heavy atom. The summed E-state index contributed by atoms with van der Waals surface area (Å²) >= 11 is 0. The summed E-state index contributed by atoms with van der Waals surface area (Å²) in [7, 11) is 2.03. The number of nitrogens with one attached hydrogen (secondary N) is 3. The van der Waals surface area contributed by atoms with Crippen LogP contribution in [0.15, 0.2) is 48.7 Å². The van der Waals surface area contributed by atoms with Crippen molar-refractivity contribution in [2.24, 2.45) is 0 Å². The molecular formula is C26H35FN6O2. The van der Waals surface area contributed by atoms with E-state index < -0.39 is 11.9 Å². The summed E-state index contributed by atoms with van der Waals surface area (Å²) in [6, 6.07) is 10.6. The second-order valence-electron chi connectivity index (χ2n) is 9.72. The molecule has 2 amide bonds. The van der Waals surface area contributed by atoms with E-state index in [2.05, 4.69) is 38.8 Å². The summed E-state index contributed by atoms with van der Waals surface area (Å²) in [5.74, 6) is -0.486. The predicted octanol–water partition coefficient (Wildman–Crippen LogP) is 1.22. The Morgan fingerprint density at radius 3 is 2.54 bits per heavy atom. The first-order valence-electron chi connectivity index (χ1n) is 12.3. The summed E-state index contributed by atoms with van der Waals surface area (Å²) in [4.78, 5) is 34.4. The van der Waals surface area contributed by atoms with Gasteiger partial charge in [-0.25, -0.2) is 4.39 Å². The number of rotatable bonds is 10. The first-order chi connectivity index (χ1) is 16.9. The quantitative estimate of drug-likeness (QED) is 0.442. The fraction of sp³-hybridized carbons (Fsp3) is 0.500. The van der Waals surface area contributed by atoms with Crippen molar-refractivity contribution in [1.29, 1.82) is 0 Å². The van der Waals surface area contributed by atoms with Gasteiger partial charge in [0.15, 0.2) is 0 Å². The number of aromatic nitrogens is 1. The number of halogens is 1. The third-order valence-corrected chi connectivity index (χ3v) is 6.99. The van der Waals surface area contributed by atoms with E-state index >= 15 is 0 Å². The number of benzene rings is 1. The molecule has 2 heterocycles. The van der Waals surface area contributed by atoms with Crippen LogP contribution in [-0.4, -0.2) is 91.0 Å². The summed E-state index contributed by atoms with van der Waals surface area (Å²) in [6.45, 7) is 6.79. The molecule has 3 N–H and O–H groups in total. The molecule has 1 aliphatic carbocycles. The molecule has 0 bridgehead atoms. The van der Waals surface area contributed by atoms with Crippen LogP contribution in [0.1, 0.15) is 35.3 Å². The number of carbonyl (C=O) groups excluding carboxylic acids is 2. The van der Waals surface area contributed by atoms with Crippen LogP contribution >= 0.6 is 0 Å². The molecule has 2 fully saturated rings. The number of hydrogen-bond donors (Lipinski definition) is 3. The van der Waals surface area contributed by atoms with Gasteiger partial charge in [0.05, 0.1) is 0 Å². The third kappa shape index (κ3) is 6.62. The van der Waals surface area contributed by atoms with Crippen LogP contribution in [0, 0.1) is 5.82 Å². The molecule has 8 nitrogen and oxygen atoms in total. The molecule has 1 aromatic carbocycles. The molecule has 0 radical (unpaired) electrons. The van der Waals surface area contributed by atoms with Crippen molar-refractivity contribution in [3.8, 4) is 0 Å². The molecule has 4 rings (SSSR count). The lowest BCUT2D eigenvalue weighted by atomic mass is 10.1. The maximum absolute atomic E-state index is 13.2. The Balaban J connectivity index is 1.29. The van der Waals surface area contributed by atoms with Crippen molar-refractivity contribution in [2.75, 3.05) is 52.9 Å².